The zero-order chi connectivity index (χ0) is 8.15. The Morgan fingerprint density at radius 3 is 2.70 bits per heavy atom. The van der Waals surface area contributed by atoms with Gasteiger partial charge in [0, 0.05) is 6.42 Å². The molecule has 58 valence electrons. The van der Waals surface area contributed by atoms with E-state index in [2.05, 4.69) is 6.58 Å². The second-order valence-electron chi connectivity index (χ2n) is 2.15. The summed E-state index contributed by atoms with van der Waals surface area (Å²) in [5.74, 6) is -0.0694. The minimum Gasteiger partial charge on any atom is -0.391 e. The highest BCUT2D eigenvalue weighted by molar-refractivity contribution is 6.22. The summed E-state index contributed by atoms with van der Waals surface area (Å²) in [6.45, 7) is 4.80. The number of rotatable bonds is 4. The summed E-state index contributed by atoms with van der Waals surface area (Å²) in [5, 5.41) is 8.54. The van der Waals surface area contributed by atoms with Crippen LogP contribution in [0.25, 0.3) is 0 Å². The largest absolute Gasteiger partial charge is 0.391 e. The quantitative estimate of drug-likeness (QED) is 0.497. The van der Waals surface area contributed by atoms with Gasteiger partial charge in [-0.1, -0.05) is 6.08 Å². The van der Waals surface area contributed by atoms with Crippen LogP contribution in [-0.4, -0.2) is 22.4 Å². The molecule has 2 unspecified atom stereocenters. The number of carbonyl (C=O) groups excluding carboxylic acids is 1. The van der Waals surface area contributed by atoms with E-state index in [0.717, 1.165) is 0 Å². The maximum Gasteiger partial charge on any atom is 0.132 e. The van der Waals surface area contributed by atoms with Crippen molar-refractivity contribution < 1.29 is 9.90 Å². The van der Waals surface area contributed by atoms with Crippen molar-refractivity contribution in [2.45, 2.75) is 24.8 Å². The molecule has 0 radical (unpaired) electrons. The van der Waals surface area contributed by atoms with Crippen LogP contribution in [0.15, 0.2) is 12.7 Å². The molecule has 0 aliphatic carbocycles. The highest BCUT2D eigenvalue weighted by Crippen LogP contribution is 2.07. The Bertz CT molecular complexity index is 134. The number of alkyl halides is 1. The maximum absolute atomic E-state index is 10.4. The van der Waals surface area contributed by atoms with Crippen molar-refractivity contribution in [1.29, 1.82) is 0 Å². The fourth-order valence-corrected chi connectivity index (χ4v) is 0.653. The van der Waals surface area contributed by atoms with Crippen molar-refractivity contribution in [3.63, 3.8) is 0 Å². The highest BCUT2D eigenvalue weighted by atomic mass is 35.5. The number of ketones is 1. The van der Waals surface area contributed by atoms with E-state index in [1.807, 2.05) is 0 Å². The predicted octanol–water partition coefficient (Wildman–Crippen LogP) is 1.12. The molecule has 1 N–H and O–H groups in total. The fourth-order valence-electron chi connectivity index (χ4n) is 0.564. The van der Waals surface area contributed by atoms with Crippen LogP contribution in [0.5, 0.6) is 0 Å². The SMILES string of the molecule is C=CC(Cl)C(O)CC(C)=O. The molecule has 0 aliphatic rings. The minimum atomic E-state index is -0.795. The Kier molecular flexibility index (Phi) is 4.32. The number of aliphatic hydroxyl groups is 1. The van der Waals surface area contributed by atoms with Gasteiger partial charge < -0.3 is 5.11 Å². The van der Waals surface area contributed by atoms with E-state index in [1.165, 1.54) is 13.0 Å². The molecule has 0 aliphatic heterocycles. The summed E-state index contributed by atoms with van der Waals surface area (Å²) < 4.78 is 0. The topological polar surface area (TPSA) is 37.3 Å². The Balaban J connectivity index is 3.71. The van der Waals surface area contributed by atoms with Crippen LogP contribution >= 0.6 is 11.6 Å². The summed E-state index contributed by atoms with van der Waals surface area (Å²) in [6.07, 6.45) is 0.715. The molecule has 0 aromatic carbocycles. The summed E-state index contributed by atoms with van der Waals surface area (Å²) in [5.41, 5.74) is 0. The van der Waals surface area contributed by atoms with Gasteiger partial charge in [-0.2, -0.15) is 0 Å². The Morgan fingerprint density at radius 1 is 1.90 bits per heavy atom. The van der Waals surface area contributed by atoms with Gasteiger partial charge in [0.2, 0.25) is 0 Å². The standard InChI is InChI=1S/C7H11ClO2/c1-3-6(8)7(10)4-5(2)9/h3,6-7,10H,1,4H2,2H3. The zero-order valence-corrected chi connectivity index (χ0v) is 6.64. The number of halogens is 1. The van der Waals surface area contributed by atoms with Gasteiger partial charge in [-0.05, 0) is 6.92 Å². The lowest BCUT2D eigenvalue weighted by molar-refractivity contribution is -0.118. The first-order valence-corrected chi connectivity index (χ1v) is 3.45. The van der Waals surface area contributed by atoms with Gasteiger partial charge >= 0.3 is 0 Å². The second kappa shape index (κ2) is 4.47. The summed E-state index contributed by atoms with van der Waals surface area (Å²) >= 11 is 5.54. The first-order chi connectivity index (χ1) is 4.57. The molecular weight excluding hydrogens is 152 g/mol. The van der Waals surface area contributed by atoms with Crippen molar-refractivity contribution in [3.05, 3.63) is 12.7 Å². The molecule has 0 aromatic rings. The fraction of sp³-hybridized carbons (Fsp3) is 0.571. The molecule has 0 aromatic heterocycles. The Morgan fingerprint density at radius 2 is 2.40 bits per heavy atom. The summed E-state index contributed by atoms with van der Waals surface area (Å²) in [4.78, 5) is 10.4. The molecule has 0 bridgehead atoms. The van der Waals surface area contributed by atoms with Crippen LogP contribution in [0.3, 0.4) is 0 Å². The molecule has 3 heteroatoms. The third kappa shape index (κ3) is 3.64. The molecule has 0 saturated carbocycles. The molecular formula is C7H11ClO2. The second-order valence-corrected chi connectivity index (χ2v) is 2.66. The lowest BCUT2D eigenvalue weighted by atomic mass is 10.1. The first kappa shape index (κ1) is 9.66. The van der Waals surface area contributed by atoms with Gasteiger partial charge in [0.15, 0.2) is 0 Å². The van der Waals surface area contributed by atoms with E-state index >= 15 is 0 Å². The molecule has 0 saturated heterocycles. The number of Topliss-reactive ketones (excluding diaryl/α,β-unsaturated/α-hetero) is 1. The van der Waals surface area contributed by atoms with Gasteiger partial charge in [-0.15, -0.1) is 18.2 Å². The average Bonchev–Trinajstić information content (AvgIpc) is 1.85. The minimum absolute atomic E-state index is 0.0694. The van der Waals surface area contributed by atoms with E-state index in [0.29, 0.717) is 0 Å². The van der Waals surface area contributed by atoms with Crippen molar-refractivity contribution >= 4 is 17.4 Å². The normalized spacial score (nSPS) is 15.9. The predicted molar refractivity (Wildman–Crippen MR) is 41.1 cm³/mol. The lowest BCUT2D eigenvalue weighted by Gasteiger charge is -2.10. The smallest absolute Gasteiger partial charge is 0.132 e. The molecule has 0 heterocycles. The van der Waals surface area contributed by atoms with Crippen LogP contribution in [0, 0.1) is 0 Å². The van der Waals surface area contributed by atoms with Crippen molar-refractivity contribution in [2.24, 2.45) is 0 Å². The molecule has 2 atom stereocenters. The highest BCUT2D eigenvalue weighted by Gasteiger charge is 2.13. The molecule has 0 amide bonds. The third-order valence-corrected chi connectivity index (χ3v) is 1.56. The van der Waals surface area contributed by atoms with E-state index in [9.17, 15) is 4.79 Å². The Labute approximate surface area is 65.5 Å². The van der Waals surface area contributed by atoms with E-state index in [1.54, 1.807) is 0 Å². The van der Waals surface area contributed by atoms with Gasteiger partial charge in [-0.3, -0.25) is 4.79 Å². The molecule has 0 fully saturated rings. The number of hydrogen-bond donors (Lipinski definition) is 1. The van der Waals surface area contributed by atoms with E-state index in [4.69, 9.17) is 16.7 Å². The maximum atomic E-state index is 10.4. The van der Waals surface area contributed by atoms with Crippen molar-refractivity contribution in [3.8, 4) is 0 Å². The van der Waals surface area contributed by atoms with Crippen LogP contribution in [0.2, 0.25) is 0 Å². The van der Waals surface area contributed by atoms with Crippen LogP contribution < -0.4 is 0 Å². The molecule has 0 rings (SSSR count). The van der Waals surface area contributed by atoms with E-state index in [-0.39, 0.29) is 12.2 Å². The summed E-state index contributed by atoms with van der Waals surface area (Å²) in [6, 6.07) is 0. The number of aliphatic hydroxyl groups excluding tert-OH is 1. The van der Waals surface area contributed by atoms with E-state index < -0.39 is 11.5 Å². The average molecular weight is 163 g/mol. The van der Waals surface area contributed by atoms with Crippen LogP contribution in [0.4, 0.5) is 0 Å². The molecule has 2 nitrogen and oxygen atoms in total. The van der Waals surface area contributed by atoms with Gasteiger partial charge in [0.1, 0.15) is 5.78 Å². The first-order valence-electron chi connectivity index (χ1n) is 3.02. The van der Waals surface area contributed by atoms with Crippen LogP contribution in [0.1, 0.15) is 13.3 Å². The number of carbonyl (C=O) groups is 1. The number of hydrogen-bond acceptors (Lipinski definition) is 2. The van der Waals surface area contributed by atoms with Crippen molar-refractivity contribution in [2.75, 3.05) is 0 Å². The van der Waals surface area contributed by atoms with Gasteiger partial charge in [0.25, 0.3) is 0 Å². The lowest BCUT2D eigenvalue weighted by Crippen LogP contribution is -2.21. The molecule has 10 heavy (non-hydrogen) atoms. The van der Waals surface area contributed by atoms with Gasteiger partial charge in [0.05, 0.1) is 11.5 Å². The Hall–Kier alpha value is -0.340. The zero-order valence-electron chi connectivity index (χ0n) is 5.88. The third-order valence-electron chi connectivity index (χ3n) is 1.09. The van der Waals surface area contributed by atoms with Gasteiger partial charge in [-0.25, -0.2) is 0 Å². The summed E-state index contributed by atoms with van der Waals surface area (Å²) in [7, 11) is 0. The van der Waals surface area contributed by atoms with Crippen molar-refractivity contribution in [1.82, 2.24) is 0 Å². The molecule has 0 spiro atoms. The van der Waals surface area contributed by atoms with Crippen LogP contribution in [-0.2, 0) is 4.79 Å². The monoisotopic (exact) mass is 162 g/mol.